The number of rotatable bonds is 15. The van der Waals surface area contributed by atoms with Gasteiger partial charge in [0.2, 0.25) is 5.95 Å². The highest BCUT2D eigenvalue weighted by atomic mass is 32.2. The molecule has 2 heterocycles. The Morgan fingerprint density at radius 2 is 1.67 bits per heavy atom. The van der Waals surface area contributed by atoms with Gasteiger partial charge in [0.15, 0.2) is 5.65 Å². The number of nitro benzene ring substituents is 1. The lowest BCUT2D eigenvalue weighted by molar-refractivity contribution is -0.384. The zero-order valence-electron chi connectivity index (χ0n) is 25.3. The lowest BCUT2D eigenvalue weighted by Crippen LogP contribution is -2.29. The highest BCUT2D eigenvalue weighted by Gasteiger charge is 2.49. The van der Waals surface area contributed by atoms with Crippen LogP contribution in [0.3, 0.4) is 0 Å². The molecule has 1 aliphatic rings. The van der Waals surface area contributed by atoms with E-state index in [1.54, 1.807) is 44.4 Å². The number of hydrogen-bond acceptors (Lipinski definition) is 16. The third kappa shape index (κ3) is 9.49. The van der Waals surface area contributed by atoms with Gasteiger partial charge in [-0.1, -0.05) is 11.8 Å². The molecule has 0 amide bonds. The molecule has 1 fully saturated rings. The molecule has 46 heavy (non-hydrogen) atoms. The van der Waals surface area contributed by atoms with E-state index < -0.39 is 61.5 Å². The summed E-state index contributed by atoms with van der Waals surface area (Å²) >= 11 is 1.19. The fourth-order valence-corrected chi connectivity index (χ4v) is 5.59. The van der Waals surface area contributed by atoms with Crippen molar-refractivity contribution in [1.29, 1.82) is 0 Å². The molecular formula is C26H33N6O12PS. The van der Waals surface area contributed by atoms with Gasteiger partial charge in [-0.15, -0.1) is 4.67 Å². The number of hydrogen-bond donors (Lipinski definition) is 2. The summed E-state index contributed by atoms with van der Waals surface area (Å²) in [4.78, 5) is 64.1. The smallest absolute Gasteiger partial charge is 0.433 e. The molecule has 1 atom stereocenters. The van der Waals surface area contributed by atoms with Crippen molar-refractivity contribution in [3.05, 3.63) is 40.7 Å². The topological polar surface area (TPSA) is 240 Å². The zero-order valence-corrected chi connectivity index (χ0v) is 27.0. The Balaban J connectivity index is 1.45. The second kappa shape index (κ2) is 14.6. The van der Waals surface area contributed by atoms with Crippen molar-refractivity contribution in [2.75, 3.05) is 18.9 Å². The van der Waals surface area contributed by atoms with Crippen molar-refractivity contribution in [2.24, 2.45) is 0 Å². The fourth-order valence-electron chi connectivity index (χ4n) is 3.80. The van der Waals surface area contributed by atoms with Crippen molar-refractivity contribution < 1.29 is 52.5 Å². The van der Waals surface area contributed by atoms with Crippen molar-refractivity contribution in [2.45, 2.75) is 80.5 Å². The van der Waals surface area contributed by atoms with Crippen LogP contribution in [-0.2, 0) is 39.6 Å². The van der Waals surface area contributed by atoms with E-state index in [1.165, 1.54) is 30.2 Å². The van der Waals surface area contributed by atoms with E-state index in [4.69, 9.17) is 34.2 Å². The van der Waals surface area contributed by atoms with Gasteiger partial charge in [0, 0.05) is 17.0 Å². The number of nitrogen functional groups attached to an aromatic ring is 1. The first-order chi connectivity index (χ1) is 21.7. The van der Waals surface area contributed by atoms with E-state index in [0.717, 1.165) is 0 Å². The number of nitro groups is 1. The Bertz CT molecular complexity index is 1590. The molecule has 18 nitrogen and oxygen atoms in total. The molecule has 0 spiro atoms. The molecule has 0 radical (unpaired) electrons. The number of ether oxygens (including phenoxy) is 4. The molecule has 1 saturated carbocycles. The van der Waals surface area contributed by atoms with Gasteiger partial charge in [0.1, 0.15) is 35.0 Å². The molecule has 4 rings (SSSR count). The molecule has 250 valence electrons. The maximum atomic E-state index is 13.2. The van der Waals surface area contributed by atoms with Crippen molar-refractivity contribution >= 4 is 54.5 Å². The summed E-state index contributed by atoms with van der Waals surface area (Å²) in [5.74, 6) is -0.0460. The highest BCUT2D eigenvalue weighted by Crippen LogP contribution is 2.52. The number of fused-ring (bicyclic) bond motifs is 1. The summed E-state index contributed by atoms with van der Waals surface area (Å²) in [6.45, 7) is 5.08. The van der Waals surface area contributed by atoms with E-state index >= 15 is 0 Å². The average molecular weight is 685 g/mol. The van der Waals surface area contributed by atoms with Crippen LogP contribution in [0.1, 0.15) is 40.5 Å². The molecule has 0 aliphatic heterocycles. The predicted octanol–water partition coefficient (Wildman–Crippen LogP) is 4.63. The van der Waals surface area contributed by atoms with Gasteiger partial charge in [-0.25, -0.2) is 24.4 Å². The third-order valence-electron chi connectivity index (χ3n) is 6.21. The summed E-state index contributed by atoms with van der Waals surface area (Å²) in [6, 6.07) is 5.89. The SMILES string of the molecule is CC(C)OC(=O)OCC(COC(=O)OC(C)C)P(=O)(O)OOC1(Cn2cnc3c(Sc4ccc([N+](=O)[O-])cc4)nc(N)nc32)CC1. The highest BCUT2D eigenvalue weighted by molar-refractivity contribution is 7.99. The standard InChI is InChI=1S/C26H33N6O12PS/c1-15(2)41-24(33)39-11-18(12-40-25(34)42-16(3)4)45(37,38)44-43-26(9-10-26)13-31-14-28-20-21(31)29-23(27)30-22(20)46-19-7-5-17(6-8-19)32(35)36/h5-8,14-16,18H,9-13H2,1-4H3,(H,37,38)(H2,27,29,30). The number of carbonyl (C=O) groups excluding carboxylic acids is 2. The lowest BCUT2D eigenvalue weighted by atomic mass is 10.3. The van der Waals surface area contributed by atoms with Crippen LogP contribution < -0.4 is 5.73 Å². The molecule has 3 aromatic rings. The Labute approximate surface area is 266 Å². The van der Waals surface area contributed by atoms with Crippen LogP contribution >= 0.6 is 19.4 Å². The largest absolute Gasteiger partial charge is 0.508 e. The Hall–Kier alpha value is -4.03. The molecule has 0 bridgehead atoms. The van der Waals surface area contributed by atoms with Crippen LogP contribution in [0.5, 0.6) is 0 Å². The summed E-state index contributed by atoms with van der Waals surface area (Å²) < 4.78 is 39.6. The molecule has 20 heteroatoms. The van der Waals surface area contributed by atoms with E-state index in [9.17, 15) is 29.2 Å². The first-order valence-corrected chi connectivity index (χ1v) is 16.4. The summed E-state index contributed by atoms with van der Waals surface area (Å²) in [5, 5.41) is 11.4. The van der Waals surface area contributed by atoms with Crippen LogP contribution in [0.25, 0.3) is 11.2 Å². The van der Waals surface area contributed by atoms with Crippen LogP contribution in [0.15, 0.2) is 40.5 Å². The number of carbonyl (C=O) groups is 2. The molecule has 1 aromatic carbocycles. The lowest BCUT2D eigenvalue weighted by Gasteiger charge is -2.24. The van der Waals surface area contributed by atoms with E-state index in [-0.39, 0.29) is 18.2 Å². The Morgan fingerprint density at radius 3 is 2.20 bits per heavy atom. The minimum absolute atomic E-state index is 0.0460. The number of nitrogens with zero attached hydrogens (tertiary/aromatic N) is 5. The number of benzene rings is 1. The van der Waals surface area contributed by atoms with E-state index in [1.807, 2.05) is 0 Å². The summed E-state index contributed by atoms with van der Waals surface area (Å²) in [5.41, 5.74) is 4.08. The first kappa shape index (κ1) is 34.8. The van der Waals surface area contributed by atoms with Crippen molar-refractivity contribution in [1.82, 2.24) is 19.5 Å². The quantitative estimate of drug-likeness (QED) is 0.0554. The molecule has 1 unspecified atom stereocenters. The monoisotopic (exact) mass is 684 g/mol. The Morgan fingerprint density at radius 1 is 1.09 bits per heavy atom. The second-order valence-corrected chi connectivity index (χ2v) is 13.9. The van der Waals surface area contributed by atoms with Gasteiger partial charge < -0.3 is 34.1 Å². The molecule has 3 N–H and O–H groups in total. The van der Waals surface area contributed by atoms with Gasteiger partial charge in [0.05, 0.1) is 30.0 Å². The number of nitrogens with two attached hydrogens (primary N) is 1. The maximum absolute atomic E-state index is 13.2. The predicted molar refractivity (Wildman–Crippen MR) is 160 cm³/mol. The number of aromatic nitrogens is 4. The zero-order chi connectivity index (χ0) is 33.6. The number of imidazole rings is 1. The summed E-state index contributed by atoms with van der Waals surface area (Å²) in [7, 11) is -4.75. The molecular weight excluding hydrogens is 651 g/mol. The van der Waals surface area contributed by atoms with Crippen LogP contribution in [0, 0.1) is 10.1 Å². The normalized spacial score (nSPS) is 15.1. The molecule has 1 aliphatic carbocycles. The van der Waals surface area contributed by atoms with E-state index in [0.29, 0.717) is 33.9 Å². The minimum Gasteiger partial charge on any atom is -0.433 e. The van der Waals surface area contributed by atoms with Gasteiger partial charge in [-0.2, -0.15) is 4.98 Å². The summed E-state index contributed by atoms with van der Waals surface area (Å²) in [6.07, 6.45) is -0.836. The van der Waals surface area contributed by atoms with Crippen LogP contribution in [0.2, 0.25) is 0 Å². The van der Waals surface area contributed by atoms with Crippen molar-refractivity contribution in [3.8, 4) is 0 Å². The average Bonchev–Trinajstić information content (AvgIpc) is 3.62. The maximum Gasteiger partial charge on any atom is 0.508 e. The Kier molecular flexibility index (Phi) is 11.1. The number of non-ortho nitro benzene ring substituents is 1. The van der Waals surface area contributed by atoms with Gasteiger partial charge in [-0.05, 0) is 52.7 Å². The second-order valence-electron chi connectivity index (χ2n) is 10.8. The third-order valence-corrected chi connectivity index (χ3v) is 8.71. The molecule has 0 saturated heterocycles. The van der Waals surface area contributed by atoms with Crippen LogP contribution in [-0.4, -0.2) is 78.3 Å². The minimum atomic E-state index is -4.75. The van der Waals surface area contributed by atoms with Gasteiger partial charge in [-0.3, -0.25) is 14.7 Å². The van der Waals surface area contributed by atoms with Crippen molar-refractivity contribution in [3.63, 3.8) is 0 Å². The van der Waals surface area contributed by atoms with Gasteiger partial charge in [0.25, 0.3) is 5.69 Å². The van der Waals surface area contributed by atoms with E-state index in [2.05, 4.69) is 15.0 Å². The first-order valence-electron chi connectivity index (χ1n) is 13.9. The fraction of sp³-hybridized carbons (Fsp3) is 0.500. The number of anilines is 1. The molecule has 2 aromatic heterocycles. The van der Waals surface area contributed by atoms with Gasteiger partial charge >= 0.3 is 19.9 Å². The van der Waals surface area contributed by atoms with Crippen LogP contribution in [0.4, 0.5) is 21.2 Å².